The summed E-state index contributed by atoms with van der Waals surface area (Å²) in [7, 11) is 0. The van der Waals surface area contributed by atoms with Crippen LogP contribution in [0.25, 0.3) is 0 Å². The highest BCUT2D eigenvalue weighted by Gasteiger charge is 2.64. The quantitative estimate of drug-likeness (QED) is 0.780. The largest absolute Gasteiger partial charge is 0.481 e. The van der Waals surface area contributed by atoms with Crippen molar-refractivity contribution in [2.24, 2.45) is 52.3 Å². The van der Waals surface area contributed by atoms with E-state index in [9.17, 15) is 9.90 Å². The third-order valence-corrected chi connectivity index (χ3v) is 9.64. The lowest BCUT2D eigenvalue weighted by atomic mass is 9.38. The van der Waals surface area contributed by atoms with E-state index in [1.807, 2.05) is 0 Å². The molecular weight excluding hydrogens is 296 g/mol. The minimum Gasteiger partial charge on any atom is -0.481 e. The van der Waals surface area contributed by atoms with Crippen LogP contribution in [0.1, 0.15) is 77.0 Å². The fourth-order valence-electron chi connectivity index (χ4n) is 10.2. The molecule has 0 aliphatic heterocycles. The molecule has 8 saturated carbocycles. The van der Waals surface area contributed by atoms with Crippen LogP contribution >= 0.6 is 0 Å². The lowest BCUT2D eigenvalue weighted by molar-refractivity contribution is -0.194. The number of rotatable bonds is 3. The molecule has 0 radical (unpaired) electrons. The Morgan fingerprint density at radius 1 is 0.625 bits per heavy atom. The molecule has 8 rings (SSSR count). The van der Waals surface area contributed by atoms with Crippen molar-refractivity contribution in [3.63, 3.8) is 0 Å². The zero-order valence-electron chi connectivity index (χ0n) is 14.9. The van der Waals surface area contributed by atoms with Gasteiger partial charge in [-0.3, -0.25) is 4.79 Å². The van der Waals surface area contributed by atoms with E-state index in [0.717, 1.165) is 35.5 Å². The van der Waals surface area contributed by atoms with Gasteiger partial charge in [0.25, 0.3) is 0 Å². The van der Waals surface area contributed by atoms with Gasteiger partial charge in [-0.1, -0.05) is 0 Å². The molecule has 0 aromatic heterocycles. The minimum atomic E-state index is -0.404. The van der Waals surface area contributed by atoms with E-state index in [1.165, 1.54) is 77.0 Å². The Kier molecular flexibility index (Phi) is 2.80. The lowest BCUT2D eigenvalue weighted by Gasteiger charge is -2.66. The van der Waals surface area contributed by atoms with Crippen LogP contribution in [-0.2, 0) is 4.79 Å². The van der Waals surface area contributed by atoms with Gasteiger partial charge in [0.1, 0.15) is 0 Å². The molecule has 0 amide bonds. The zero-order valence-corrected chi connectivity index (χ0v) is 14.9. The summed E-state index contributed by atoms with van der Waals surface area (Å²) < 4.78 is 0. The van der Waals surface area contributed by atoms with Crippen molar-refractivity contribution in [2.45, 2.75) is 77.0 Å². The molecule has 0 unspecified atom stereocenters. The Morgan fingerprint density at radius 3 is 1.08 bits per heavy atom. The third kappa shape index (κ3) is 1.86. The van der Waals surface area contributed by atoms with Gasteiger partial charge in [0.05, 0.1) is 5.92 Å². The van der Waals surface area contributed by atoms with Crippen molar-refractivity contribution in [1.29, 1.82) is 0 Å². The van der Waals surface area contributed by atoms with E-state index in [0.29, 0.717) is 0 Å². The molecule has 0 saturated heterocycles. The van der Waals surface area contributed by atoms with E-state index in [2.05, 4.69) is 0 Å². The predicted molar refractivity (Wildman–Crippen MR) is 92.3 cm³/mol. The van der Waals surface area contributed by atoms with Gasteiger partial charge in [-0.25, -0.2) is 0 Å². The molecule has 0 atom stereocenters. The maximum atomic E-state index is 12.7. The monoisotopic (exact) mass is 328 g/mol. The van der Waals surface area contributed by atoms with Crippen LogP contribution in [0.4, 0.5) is 0 Å². The molecule has 132 valence electrons. The molecule has 0 heterocycles. The first-order chi connectivity index (χ1) is 11.5. The summed E-state index contributed by atoms with van der Waals surface area (Å²) in [5.74, 6) is 4.79. The number of hydrogen-bond donors (Lipinski definition) is 1. The Morgan fingerprint density at radius 2 is 0.875 bits per heavy atom. The fraction of sp³-hybridized carbons (Fsp3) is 0.955. The highest BCUT2D eigenvalue weighted by Crippen LogP contribution is 2.71. The maximum Gasteiger partial charge on any atom is 0.307 e. The number of carboxylic acid groups (broad SMARTS) is 1. The van der Waals surface area contributed by atoms with E-state index in [1.54, 1.807) is 0 Å². The highest BCUT2D eigenvalue weighted by molar-refractivity contribution is 5.72. The summed E-state index contributed by atoms with van der Waals surface area (Å²) in [6, 6.07) is 0. The van der Waals surface area contributed by atoms with Crippen LogP contribution in [0.15, 0.2) is 0 Å². The van der Waals surface area contributed by atoms with Gasteiger partial charge in [0.15, 0.2) is 0 Å². The molecule has 2 heteroatoms. The smallest absolute Gasteiger partial charge is 0.307 e. The second-order valence-electron chi connectivity index (χ2n) is 11.3. The lowest BCUT2D eigenvalue weighted by Crippen LogP contribution is -2.60. The van der Waals surface area contributed by atoms with Crippen molar-refractivity contribution < 1.29 is 9.90 Å². The normalized spacial score (nSPS) is 58.2. The van der Waals surface area contributed by atoms with Crippen LogP contribution in [0.3, 0.4) is 0 Å². The highest BCUT2D eigenvalue weighted by atomic mass is 16.4. The summed E-state index contributed by atoms with van der Waals surface area (Å²) >= 11 is 0. The number of hydrogen-bond acceptors (Lipinski definition) is 1. The topological polar surface area (TPSA) is 37.3 Å². The van der Waals surface area contributed by atoms with Crippen molar-refractivity contribution in [1.82, 2.24) is 0 Å². The number of carbonyl (C=O) groups is 1. The second-order valence-corrected chi connectivity index (χ2v) is 11.3. The first-order valence-electron chi connectivity index (χ1n) is 10.8. The van der Waals surface area contributed by atoms with E-state index in [4.69, 9.17) is 0 Å². The summed E-state index contributed by atoms with van der Waals surface area (Å²) in [5, 5.41) is 10.5. The summed E-state index contributed by atoms with van der Waals surface area (Å²) in [6.45, 7) is 0. The Bertz CT molecular complexity index is 462. The van der Waals surface area contributed by atoms with Crippen molar-refractivity contribution >= 4 is 5.97 Å². The Hall–Kier alpha value is -0.530. The summed E-state index contributed by atoms with van der Waals surface area (Å²) in [6.07, 6.45) is 16.1. The Balaban J connectivity index is 1.42. The molecular formula is C22H32O2. The predicted octanol–water partition coefficient (Wildman–Crippen LogP) is 5.12. The van der Waals surface area contributed by atoms with E-state index >= 15 is 0 Å². The van der Waals surface area contributed by atoms with Gasteiger partial charge in [0.2, 0.25) is 0 Å². The Labute approximate surface area is 145 Å². The first kappa shape index (κ1) is 14.6. The zero-order chi connectivity index (χ0) is 16.1. The average Bonchev–Trinajstić information content (AvgIpc) is 2.42. The molecule has 0 aromatic carbocycles. The van der Waals surface area contributed by atoms with Gasteiger partial charge in [-0.2, -0.15) is 0 Å². The van der Waals surface area contributed by atoms with Crippen LogP contribution < -0.4 is 0 Å². The van der Waals surface area contributed by atoms with Gasteiger partial charge in [-0.05, 0) is 123 Å². The molecule has 1 N–H and O–H groups in total. The molecule has 8 fully saturated rings. The molecule has 0 spiro atoms. The summed E-state index contributed by atoms with van der Waals surface area (Å²) in [5.41, 5.74) is 0.374. The minimum absolute atomic E-state index is 0.00759. The van der Waals surface area contributed by atoms with Gasteiger partial charge in [-0.15, -0.1) is 0 Å². The first-order valence-corrected chi connectivity index (χ1v) is 10.8. The maximum absolute atomic E-state index is 12.7. The molecule has 8 aliphatic rings. The van der Waals surface area contributed by atoms with E-state index < -0.39 is 5.97 Å². The van der Waals surface area contributed by atoms with Gasteiger partial charge >= 0.3 is 5.97 Å². The molecule has 24 heavy (non-hydrogen) atoms. The van der Waals surface area contributed by atoms with Gasteiger partial charge in [0, 0.05) is 0 Å². The van der Waals surface area contributed by atoms with E-state index in [-0.39, 0.29) is 16.7 Å². The van der Waals surface area contributed by atoms with Crippen molar-refractivity contribution in [3.05, 3.63) is 0 Å². The second kappa shape index (κ2) is 4.60. The molecule has 0 aromatic rings. The van der Waals surface area contributed by atoms with Crippen LogP contribution in [0.2, 0.25) is 0 Å². The standard InChI is InChI=1S/C22H32O2/c23-20(24)19(21-7-13-1-14(8-21)3-15(2-13)9-21)22-10-16-4-17(11-22)6-18(5-16)12-22/h13-19H,1-12H2,(H,23,24). The van der Waals surface area contributed by atoms with Crippen LogP contribution in [0.5, 0.6) is 0 Å². The van der Waals surface area contributed by atoms with Crippen LogP contribution in [0, 0.1) is 52.3 Å². The van der Waals surface area contributed by atoms with Gasteiger partial charge < -0.3 is 5.11 Å². The summed E-state index contributed by atoms with van der Waals surface area (Å²) in [4.78, 5) is 12.7. The third-order valence-electron chi connectivity index (χ3n) is 9.64. The van der Waals surface area contributed by atoms with Crippen molar-refractivity contribution in [2.75, 3.05) is 0 Å². The van der Waals surface area contributed by atoms with Crippen LogP contribution in [-0.4, -0.2) is 11.1 Å². The fourth-order valence-corrected chi connectivity index (χ4v) is 10.2. The molecule has 2 nitrogen and oxygen atoms in total. The SMILES string of the molecule is O=C(O)C(C12CC3CC(CC(C3)C1)C2)C12CC3CC(CC(C3)C1)C2. The molecule has 8 aliphatic carbocycles. The molecule has 8 bridgehead atoms. The average molecular weight is 328 g/mol. The number of aliphatic carboxylic acids is 1. The van der Waals surface area contributed by atoms with Crippen molar-refractivity contribution in [3.8, 4) is 0 Å². The number of carboxylic acids is 1.